The molecule has 2 aromatic carbocycles. The van der Waals surface area contributed by atoms with E-state index in [-0.39, 0.29) is 0 Å². The van der Waals surface area contributed by atoms with Gasteiger partial charge in [-0.1, -0.05) is 54.1 Å². The van der Waals surface area contributed by atoms with Crippen molar-refractivity contribution in [2.24, 2.45) is 0 Å². The lowest BCUT2D eigenvalue weighted by molar-refractivity contribution is 0.193. The Morgan fingerprint density at radius 1 is 1.19 bits per heavy atom. The summed E-state index contributed by atoms with van der Waals surface area (Å²) in [6.07, 6.45) is 0. The summed E-state index contributed by atoms with van der Waals surface area (Å²) in [6, 6.07) is 17.4. The Labute approximate surface area is 131 Å². The molecule has 0 radical (unpaired) electrons. The van der Waals surface area contributed by atoms with Gasteiger partial charge in [-0.3, -0.25) is 4.90 Å². The first kappa shape index (κ1) is 14.6. The number of benzene rings is 2. The summed E-state index contributed by atoms with van der Waals surface area (Å²) in [4.78, 5) is 2.48. The van der Waals surface area contributed by atoms with Crippen LogP contribution in [0, 0.1) is 6.92 Å². The average Bonchev–Trinajstić information content (AvgIpc) is 2.51. The Morgan fingerprint density at radius 2 is 2.00 bits per heavy atom. The van der Waals surface area contributed by atoms with Gasteiger partial charge in [-0.25, -0.2) is 0 Å². The summed E-state index contributed by atoms with van der Waals surface area (Å²) in [6.45, 7) is 6.10. The zero-order chi connectivity index (χ0) is 14.7. The van der Waals surface area contributed by atoms with Gasteiger partial charge in [0, 0.05) is 37.2 Å². The van der Waals surface area contributed by atoms with Crippen LogP contribution in [0.4, 0.5) is 0 Å². The Bertz CT molecular complexity index is 597. The highest BCUT2D eigenvalue weighted by atomic mass is 35.5. The first-order valence-electron chi connectivity index (χ1n) is 7.48. The van der Waals surface area contributed by atoms with Crippen LogP contribution in [0.15, 0.2) is 48.5 Å². The molecule has 3 rings (SSSR count). The fourth-order valence-corrected chi connectivity index (χ4v) is 3.18. The van der Waals surface area contributed by atoms with E-state index in [0.717, 1.165) is 31.2 Å². The molecule has 1 heterocycles. The molecule has 110 valence electrons. The minimum atomic E-state index is 0.407. The number of piperazine rings is 1. The molecule has 1 unspecified atom stereocenters. The van der Waals surface area contributed by atoms with Gasteiger partial charge in [0.25, 0.3) is 0 Å². The fourth-order valence-electron chi connectivity index (χ4n) is 2.88. The van der Waals surface area contributed by atoms with Gasteiger partial charge in [0.15, 0.2) is 0 Å². The molecule has 1 saturated heterocycles. The molecule has 0 amide bonds. The fraction of sp³-hybridized carbons (Fsp3) is 0.333. The number of nitrogens with zero attached hydrogens (tertiary/aromatic N) is 1. The summed E-state index contributed by atoms with van der Waals surface area (Å²) in [5.41, 5.74) is 3.79. The SMILES string of the molecule is Cc1ccc(CN2CCNC(c3ccccc3)C2)c(Cl)c1. The molecule has 0 bridgehead atoms. The van der Waals surface area contributed by atoms with Gasteiger partial charge in [0.2, 0.25) is 0 Å². The molecule has 1 atom stereocenters. The molecule has 0 saturated carbocycles. The van der Waals surface area contributed by atoms with Gasteiger partial charge >= 0.3 is 0 Å². The second-order valence-electron chi connectivity index (χ2n) is 5.75. The lowest BCUT2D eigenvalue weighted by Crippen LogP contribution is -2.45. The Kier molecular flexibility index (Phi) is 4.59. The average molecular weight is 301 g/mol. The summed E-state index contributed by atoms with van der Waals surface area (Å²) < 4.78 is 0. The topological polar surface area (TPSA) is 15.3 Å². The van der Waals surface area contributed by atoms with Crippen molar-refractivity contribution in [3.8, 4) is 0 Å². The first-order valence-corrected chi connectivity index (χ1v) is 7.86. The van der Waals surface area contributed by atoms with Crippen molar-refractivity contribution in [2.75, 3.05) is 19.6 Å². The van der Waals surface area contributed by atoms with E-state index in [9.17, 15) is 0 Å². The normalized spacial score (nSPS) is 19.6. The van der Waals surface area contributed by atoms with E-state index in [2.05, 4.69) is 59.6 Å². The molecule has 1 fully saturated rings. The van der Waals surface area contributed by atoms with Crippen LogP contribution in [0.25, 0.3) is 0 Å². The molecule has 21 heavy (non-hydrogen) atoms. The maximum Gasteiger partial charge on any atom is 0.0453 e. The van der Waals surface area contributed by atoms with Gasteiger partial charge in [-0.15, -0.1) is 0 Å². The van der Waals surface area contributed by atoms with Crippen molar-refractivity contribution in [3.63, 3.8) is 0 Å². The van der Waals surface area contributed by atoms with Crippen LogP contribution in [-0.4, -0.2) is 24.5 Å². The third-order valence-electron chi connectivity index (χ3n) is 4.06. The standard InChI is InChI=1S/C18H21ClN2/c1-14-7-8-16(17(19)11-14)12-21-10-9-20-18(13-21)15-5-3-2-4-6-15/h2-8,11,18,20H,9-10,12-13H2,1H3. The van der Waals surface area contributed by atoms with Crippen molar-refractivity contribution < 1.29 is 0 Å². The molecular formula is C18H21ClN2. The summed E-state index contributed by atoms with van der Waals surface area (Å²) in [5.74, 6) is 0. The van der Waals surface area contributed by atoms with E-state index in [0.29, 0.717) is 6.04 Å². The molecule has 1 N–H and O–H groups in total. The molecule has 0 aliphatic carbocycles. The third kappa shape index (κ3) is 3.65. The molecule has 1 aliphatic heterocycles. The van der Waals surface area contributed by atoms with E-state index in [1.54, 1.807) is 0 Å². The largest absolute Gasteiger partial charge is 0.308 e. The van der Waals surface area contributed by atoms with E-state index in [1.165, 1.54) is 16.7 Å². The van der Waals surface area contributed by atoms with E-state index >= 15 is 0 Å². The summed E-state index contributed by atoms with van der Waals surface area (Å²) in [7, 11) is 0. The number of halogens is 1. The highest BCUT2D eigenvalue weighted by Crippen LogP contribution is 2.22. The highest BCUT2D eigenvalue weighted by Gasteiger charge is 2.21. The maximum absolute atomic E-state index is 6.36. The molecule has 0 spiro atoms. The Morgan fingerprint density at radius 3 is 2.76 bits per heavy atom. The van der Waals surface area contributed by atoms with Crippen molar-refractivity contribution in [1.29, 1.82) is 0 Å². The minimum absolute atomic E-state index is 0.407. The molecule has 3 heteroatoms. The van der Waals surface area contributed by atoms with E-state index in [4.69, 9.17) is 11.6 Å². The van der Waals surface area contributed by atoms with Gasteiger partial charge in [0.1, 0.15) is 0 Å². The molecule has 0 aromatic heterocycles. The van der Waals surface area contributed by atoms with Crippen molar-refractivity contribution in [2.45, 2.75) is 19.5 Å². The minimum Gasteiger partial charge on any atom is -0.308 e. The smallest absolute Gasteiger partial charge is 0.0453 e. The maximum atomic E-state index is 6.36. The molecule has 2 nitrogen and oxygen atoms in total. The quantitative estimate of drug-likeness (QED) is 0.927. The van der Waals surface area contributed by atoms with Gasteiger partial charge in [-0.2, -0.15) is 0 Å². The van der Waals surface area contributed by atoms with Gasteiger partial charge in [0.05, 0.1) is 0 Å². The van der Waals surface area contributed by atoms with Crippen LogP contribution >= 0.6 is 11.6 Å². The molecule has 2 aromatic rings. The number of aryl methyl sites for hydroxylation is 1. The van der Waals surface area contributed by atoms with Crippen LogP contribution in [0.1, 0.15) is 22.7 Å². The molecule has 1 aliphatic rings. The number of nitrogens with one attached hydrogen (secondary N) is 1. The zero-order valence-electron chi connectivity index (χ0n) is 12.3. The first-order chi connectivity index (χ1) is 10.2. The van der Waals surface area contributed by atoms with Gasteiger partial charge in [-0.05, 0) is 29.7 Å². The van der Waals surface area contributed by atoms with E-state index < -0.39 is 0 Å². The van der Waals surface area contributed by atoms with Crippen molar-refractivity contribution in [1.82, 2.24) is 10.2 Å². The van der Waals surface area contributed by atoms with Gasteiger partial charge < -0.3 is 5.32 Å². The second-order valence-corrected chi connectivity index (χ2v) is 6.15. The monoisotopic (exact) mass is 300 g/mol. The highest BCUT2D eigenvalue weighted by molar-refractivity contribution is 6.31. The summed E-state index contributed by atoms with van der Waals surface area (Å²) in [5, 5.41) is 4.48. The number of hydrogen-bond acceptors (Lipinski definition) is 2. The van der Waals surface area contributed by atoms with E-state index in [1.807, 2.05) is 6.07 Å². The number of rotatable bonds is 3. The lowest BCUT2D eigenvalue weighted by Gasteiger charge is -2.34. The Balaban J connectivity index is 1.69. The van der Waals surface area contributed by atoms with Crippen LogP contribution in [0.3, 0.4) is 0 Å². The van der Waals surface area contributed by atoms with Crippen molar-refractivity contribution >= 4 is 11.6 Å². The third-order valence-corrected chi connectivity index (χ3v) is 4.42. The molecular weight excluding hydrogens is 280 g/mol. The second kappa shape index (κ2) is 6.61. The lowest BCUT2D eigenvalue weighted by atomic mass is 10.0. The van der Waals surface area contributed by atoms with Crippen LogP contribution in [0.5, 0.6) is 0 Å². The predicted molar refractivity (Wildman–Crippen MR) is 88.7 cm³/mol. The summed E-state index contributed by atoms with van der Waals surface area (Å²) >= 11 is 6.36. The van der Waals surface area contributed by atoms with Crippen LogP contribution in [0.2, 0.25) is 5.02 Å². The van der Waals surface area contributed by atoms with Crippen LogP contribution in [-0.2, 0) is 6.54 Å². The van der Waals surface area contributed by atoms with Crippen molar-refractivity contribution in [3.05, 3.63) is 70.2 Å². The number of hydrogen-bond donors (Lipinski definition) is 1. The zero-order valence-corrected chi connectivity index (χ0v) is 13.1. The Hall–Kier alpha value is -1.35. The predicted octanol–water partition coefficient (Wildman–Crippen LogP) is 3.79. The van der Waals surface area contributed by atoms with Crippen LogP contribution < -0.4 is 5.32 Å².